The average Bonchev–Trinajstić information content (AvgIpc) is 3.14. The van der Waals surface area contributed by atoms with Gasteiger partial charge in [-0.15, -0.1) is 0 Å². The van der Waals surface area contributed by atoms with Crippen molar-refractivity contribution in [3.63, 3.8) is 0 Å². The summed E-state index contributed by atoms with van der Waals surface area (Å²) in [6, 6.07) is 9.72. The molecule has 3 nitrogen and oxygen atoms in total. The Morgan fingerprint density at radius 1 is 1.15 bits per heavy atom. The maximum absolute atomic E-state index is 13.1. The Labute approximate surface area is 162 Å². The number of fused-ring (bicyclic) bond motifs is 1. The summed E-state index contributed by atoms with van der Waals surface area (Å²) in [6.45, 7) is 9.52. The molecule has 2 amide bonds. The molecule has 1 spiro atoms. The summed E-state index contributed by atoms with van der Waals surface area (Å²) in [5.74, 6) is 0.270. The second-order valence-electron chi connectivity index (χ2n) is 9.69. The molecular formula is C24H29NO2. The molecule has 3 heteroatoms. The van der Waals surface area contributed by atoms with Crippen molar-refractivity contribution < 1.29 is 9.59 Å². The summed E-state index contributed by atoms with van der Waals surface area (Å²) >= 11 is 0. The van der Waals surface area contributed by atoms with E-state index in [9.17, 15) is 9.59 Å². The fraction of sp³-hybridized carbons (Fsp3) is 0.500. The summed E-state index contributed by atoms with van der Waals surface area (Å²) in [5, 5.41) is 0. The van der Waals surface area contributed by atoms with Gasteiger partial charge in [0, 0.05) is 18.7 Å². The molecule has 4 rings (SSSR count). The highest BCUT2D eigenvalue weighted by Crippen LogP contribution is 2.72. The van der Waals surface area contributed by atoms with Crippen LogP contribution in [0.4, 0.5) is 0 Å². The predicted molar refractivity (Wildman–Crippen MR) is 108 cm³/mol. The van der Waals surface area contributed by atoms with Gasteiger partial charge in [0.25, 0.3) is 11.8 Å². The first kappa shape index (κ1) is 18.2. The molecule has 2 bridgehead atoms. The normalized spacial score (nSPS) is 31.0. The van der Waals surface area contributed by atoms with E-state index in [0.717, 1.165) is 18.4 Å². The van der Waals surface area contributed by atoms with E-state index in [1.54, 1.807) is 6.08 Å². The zero-order valence-corrected chi connectivity index (χ0v) is 16.8. The number of amides is 2. The van der Waals surface area contributed by atoms with Gasteiger partial charge in [-0.1, -0.05) is 63.6 Å². The Bertz CT molecular complexity index is 846. The number of nitrogens with zero attached hydrogens (tertiary/aromatic N) is 1. The molecule has 2 aliphatic carbocycles. The highest BCUT2D eigenvalue weighted by atomic mass is 16.2. The number of rotatable bonds is 2. The number of hydrogen-bond donors (Lipinski definition) is 0. The summed E-state index contributed by atoms with van der Waals surface area (Å²) in [6.07, 6.45) is 8.63. The first-order valence-corrected chi connectivity index (χ1v) is 9.99. The molecule has 1 aliphatic heterocycles. The fourth-order valence-electron chi connectivity index (χ4n) is 5.88. The molecule has 2 atom stereocenters. The van der Waals surface area contributed by atoms with Crippen LogP contribution >= 0.6 is 0 Å². The van der Waals surface area contributed by atoms with Crippen molar-refractivity contribution in [2.24, 2.45) is 22.2 Å². The van der Waals surface area contributed by atoms with Gasteiger partial charge in [-0.3, -0.25) is 14.5 Å². The number of carbonyl (C=O) groups is 2. The van der Waals surface area contributed by atoms with Gasteiger partial charge in [0.2, 0.25) is 0 Å². The van der Waals surface area contributed by atoms with Gasteiger partial charge in [0.15, 0.2) is 0 Å². The monoisotopic (exact) mass is 363 g/mol. The van der Waals surface area contributed by atoms with Gasteiger partial charge >= 0.3 is 0 Å². The molecule has 0 radical (unpaired) electrons. The topological polar surface area (TPSA) is 37.4 Å². The van der Waals surface area contributed by atoms with Crippen LogP contribution in [0.2, 0.25) is 0 Å². The maximum Gasteiger partial charge on any atom is 0.253 e. The number of imide groups is 1. The van der Waals surface area contributed by atoms with E-state index in [-0.39, 0.29) is 28.1 Å². The molecule has 2 unspecified atom stereocenters. The van der Waals surface area contributed by atoms with Crippen LogP contribution in [0.3, 0.4) is 0 Å². The number of carbonyl (C=O) groups excluding carboxylic acids is 2. The van der Waals surface area contributed by atoms with Crippen molar-refractivity contribution in [2.45, 2.75) is 47.0 Å². The number of benzene rings is 1. The Morgan fingerprint density at radius 3 is 2.56 bits per heavy atom. The third-order valence-electron chi connectivity index (χ3n) is 7.61. The van der Waals surface area contributed by atoms with Gasteiger partial charge in [-0.05, 0) is 53.1 Å². The van der Waals surface area contributed by atoms with Crippen LogP contribution in [-0.2, 0) is 9.59 Å². The maximum atomic E-state index is 13.1. The molecule has 0 saturated heterocycles. The van der Waals surface area contributed by atoms with Crippen LogP contribution in [0.5, 0.6) is 0 Å². The highest BCUT2D eigenvalue weighted by Gasteiger charge is 2.64. The molecule has 3 aliphatic rings. The second kappa shape index (κ2) is 5.92. The van der Waals surface area contributed by atoms with Crippen LogP contribution < -0.4 is 0 Å². The van der Waals surface area contributed by atoms with Crippen molar-refractivity contribution in [2.75, 3.05) is 6.54 Å². The highest BCUT2D eigenvalue weighted by molar-refractivity contribution is 6.07. The molecule has 1 aromatic carbocycles. The van der Waals surface area contributed by atoms with Crippen LogP contribution in [0.25, 0.3) is 6.08 Å². The van der Waals surface area contributed by atoms with Crippen molar-refractivity contribution in [1.29, 1.82) is 0 Å². The minimum atomic E-state index is -0.225. The third kappa shape index (κ3) is 2.62. The van der Waals surface area contributed by atoms with E-state index in [2.05, 4.69) is 27.7 Å². The molecular weight excluding hydrogens is 334 g/mol. The van der Waals surface area contributed by atoms with E-state index < -0.39 is 0 Å². The lowest BCUT2D eigenvalue weighted by atomic mass is 9.57. The van der Waals surface area contributed by atoms with Crippen molar-refractivity contribution in [3.8, 4) is 0 Å². The van der Waals surface area contributed by atoms with Crippen LogP contribution in [0.15, 0.2) is 48.1 Å². The molecule has 1 aromatic rings. The van der Waals surface area contributed by atoms with E-state index in [0.29, 0.717) is 12.5 Å². The smallest absolute Gasteiger partial charge is 0.253 e. The molecule has 1 heterocycles. The lowest BCUT2D eigenvalue weighted by molar-refractivity contribution is -0.140. The minimum absolute atomic E-state index is 0.0457. The van der Waals surface area contributed by atoms with Crippen LogP contribution in [0.1, 0.15) is 52.5 Å². The van der Waals surface area contributed by atoms with Gasteiger partial charge in [0.05, 0.1) is 0 Å². The summed E-state index contributed by atoms with van der Waals surface area (Å²) < 4.78 is 0. The van der Waals surface area contributed by atoms with Crippen molar-refractivity contribution >= 4 is 17.9 Å². The number of allylic oxidation sites excluding steroid dienone is 1. The van der Waals surface area contributed by atoms with E-state index in [4.69, 9.17) is 0 Å². The third-order valence-corrected chi connectivity index (χ3v) is 7.61. The lowest BCUT2D eigenvalue weighted by Crippen LogP contribution is -2.46. The first-order chi connectivity index (χ1) is 12.7. The Hall–Kier alpha value is -2.16. The zero-order valence-electron chi connectivity index (χ0n) is 16.8. The zero-order chi connectivity index (χ0) is 19.4. The van der Waals surface area contributed by atoms with Gasteiger partial charge in [-0.25, -0.2) is 0 Å². The van der Waals surface area contributed by atoms with E-state index >= 15 is 0 Å². The van der Waals surface area contributed by atoms with E-state index in [1.165, 1.54) is 23.0 Å². The van der Waals surface area contributed by atoms with E-state index in [1.807, 2.05) is 36.4 Å². The molecule has 2 saturated carbocycles. The van der Waals surface area contributed by atoms with Crippen LogP contribution in [0, 0.1) is 22.2 Å². The molecule has 0 aromatic heterocycles. The molecule has 142 valence electrons. The standard InChI is InChI=1S/C24H29NO2/c1-22(2)16-25(20(26)11-10-17-8-6-5-7-9-17)21(27)14-19-23(3,4)18-12-13-24(19,22)15-18/h5-11,14,18H,12-13,15-16H2,1-4H3. The molecule has 2 fully saturated rings. The predicted octanol–water partition coefficient (Wildman–Crippen LogP) is 4.85. The molecule has 0 N–H and O–H groups in total. The van der Waals surface area contributed by atoms with Gasteiger partial charge in [-0.2, -0.15) is 0 Å². The summed E-state index contributed by atoms with van der Waals surface area (Å²) in [5.41, 5.74) is 2.22. The average molecular weight is 364 g/mol. The Morgan fingerprint density at radius 2 is 1.85 bits per heavy atom. The second-order valence-corrected chi connectivity index (χ2v) is 9.69. The number of hydrogen-bond acceptors (Lipinski definition) is 2. The minimum Gasteiger partial charge on any atom is -0.275 e. The summed E-state index contributed by atoms with van der Waals surface area (Å²) in [4.78, 5) is 27.4. The SMILES string of the molecule is CC1(C)C2=CC(=O)N(C(=O)C=Cc3ccccc3)CC(C)(C)C23CCC1C3. The Balaban J connectivity index is 1.68. The summed E-state index contributed by atoms with van der Waals surface area (Å²) in [7, 11) is 0. The Kier molecular flexibility index (Phi) is 3.99. The lowest BCUT2D eigenvalue weighted by Gasteiger charge is -2.47. The van der Waals surface area contributed by atoms with Crippen molar-refractivity contribution in [1.82, 2.24) is 4.90 Å². The largest absolute Gasteiger partial charge is 0.275 e. The van der Waals surface area contributed by atoms with Gasteiger partial charge < -0.3 is 0 Å². The quantitative estimate of drug-likeness (QED) is 0.705. The fourth-order valence-corrected chi connectivity index (χ4v) is 5.88. The van der Waals surface area contributed by atoms with Crippen molar-refractivity contribution in [3.05, 3.63) is 53.6 Å². The van der Waals surface area contributed by atoms with Gasteiger partial charge in [0.1, 0.15) is 0 Å². The first-order valence-electron chi connectivity index (χ1n) is 9.99. The molecule has 27 heavy (non-hydrogen) atoms. The van der Waals surface area contributed by atoms with Crippen LogP contribution in [-0.4, -0.2) is 23.3 Å².